The Labute approximate surface area is 153 Å². The molecule has 1 heterocycles. The van der Waals surface area contributed by atoms with Crippen LogP contribution in [-0.4, -0.2) is 37.5 Å². The number of amides is 1. The van der Waals surface area contributed by atoms with Gasteiger partial charge in [0, 0.05) is 12.2 Å². The molecule has 0 radical (unpaired) electrons. The summed E-state index contributed by atoms with van der Waals surface area (Å²) in [7, 11) is -3.38. The first-order valence-corrected chi connectivity index (χ1v) is 10.3. The molecule has 0 spiro atoms. The Balaban J connectivity index is 1.63. The van der Waals surface area contributed by atoms with Crippen LogP contribution in [0.25, 0.3) is 0 Å². The van der Waals surface area contributed by atoms with Crippen molar-refractivity contribution in [3.05, 3.63) is 54.1 Å². The maximum Gasteiger partial charge on any atom is 0.242 e. The standard InChI is InChI=1S/C19H22N2O4S/c1-14-5-9-16(10-6-14)25-17-11-7-15(8-12-17)20-19(22)18-4-3-13-21(18)26(2,23)24/h5-12,18H,3-4,13H2,1-2H3,(H,20,22). The first-order chi connectivity index (χ1) is 12.3. The van der Waals surface area contributed by atoms with E-state index < -0.39 is 16.1 Å². The second-order valence-electron chi connectivity index (χ2n) is 6.46. The monoisotopic (exact) mass is 374 g/mol. The van der Waals surface area contributed by atoms with Crippen LogP contribution in [-0.2, 0) is 14.8 Å². The van der Waals surface area contributed by atoms with E-state index in [-0.39, 0.29) is 5.91 Å². The van der Waals surface area contributed by atoms with Gasteiger partial charge in [0.2, 0.25) is 15.9 Å². The average molecular weight is 374 g/mol. The van der Waals surface area contributed by atoms with Crippen LogP contribution in [0.1, 0.15) is 18.4 Å². The average Bonchev–Trinajstić information content (AvgIpc) is 3.09. The number of ether oxygens (including phenoxy) is 1. The minimum atomic E-state index is -3.38. The third-order valence-electron chi connectivity index (χ3n) is 4.31. The zero-order chi connectivity index (χ0) is 18.7. The number of rotatable bonds is 5. The van der Waals surface area contributed by atoms with Crippen molar-refractivity contribution in [2.24, 2.45) is 0 Å². The number of aryl methyl sites for hydroxylation is 1. The Morgan fingerprint density at radius 1 is 1.08 bits per heavy atom. The molecule has 0 aromatic heterocycles. The number of sulfonamides is 1. The van der Waals surface area contributed by atoms with E-state index in [1.807, 2.05) is 31.2 Å². The summed E-state index contributed by atoms with van der Waals surface area (Å²) in [5, 5.41) is 2.78. The maximum absolute atomic E-state index is 12.4. The van der Waals surface area contributed by atoms with Gasteiger partial charge in [-0.05, 0) is 56.2 Å². The number of carbonyl (C=O) groups is 1. The summed E-state index contributed by atoms with van der Waals surface area (Å²) in [6.07, 6.45) is 2.36. The molecular formula is C19H22N2O4S. The Kier molecular flexibility index (Phi) is 5.29. The molecule has 2 aromatic rings. The molecule has 1 unspecified atom stereocenters. The molecule has 2 aromatic carbocycles. The fourth-order valence-corrected chi connectivity index (χ4v) is 4.10. The number of hydrogen-bond acceptors (Lipinski definition) is 4. The fraction of sp³-hybridized carbons (Fsp3) is 0.316. The molecule has 0 saturated carbocycles. The Morgan fingerprint density at radius 2 is 1.65 bits per heavy atom. The van der Waals surface area contributed by atoms with Gasteiger partial charge in [0.05, 0.1) is 6.26 Å². The molecule has 1 aliphatic rings. The second-order valence-corrected chi connectivity index (χ2v) is 8.40. The van der Waals surface area contributed by atoms with Gasteiger partial charge in [-0.1, -0.05) is 17.7 Å². The van der Waals surface area contributed by atoms with Crippen molar-refractivity contribution in [2.75, 3.05) is 18.1 Å². The van der Waals surface area contributed by atoms with Crippen LogP contribution in [0.15, 0.2) is 48.5 Å². The molecule has 0 bridgehead atoms. The molecule has 1 saturated heterocycles. The van der Waals surface area contributed by atoms with Crippen LogP contribution in [0.3, 0.4) is 0 Å². The SMILES string of the molecule is Cc1ccc(Oc2ccc(NC(=O)C3CCCN3S(C)(=O)=O)cc2)cc1. The lowest BCUT2D eigenvalue weighted by Crippen LogP contribution is -2.42. The van der Waals surface area contributed by atoms with Gasteiger partial charge in [-0.3, -0.25) is 4.79 Å². The molecule has 26 heavy (non-hydrogen) atoms. The minimum absolute atomic E-state index is 0.305. The molecule has 0 aliphatic carbocycles. The van der Waals surface area contributed by atoms with Crippen molar-refractivity contribution in [3.63, 3.8) is 0 Å². The second kappa shape index (κ2) is 7.47. The first kappa shape index (κ1) is 18.4. The van der Waals surface area contributed by atoms with E-state index in [1.54, 1.807) is 24.3 Å². The van der Waals surface area contributed by atoms with Gasteiger partial charge in [0.25, 0.3) is 0 Å². The molecule has 1 atom stereocenters. The smallest absolute Gasteiger partial charge is 0.242 e. The van der Waals surface area contributed by atoms with Crippen molar-refractivity contribution < 1.29 is 17.9 Å². The molecule has 1 aliphatic heterocycles. The number of nitrogens with zero attached hydrogens (tertiary/aromatic N) is 1. The van der Waals surface area contributed by atoms with E-state index in [9.17, 15) is 13.2 Å². The van der Waals surface area contributed by atoms with Crippen LogP contribution >= 0.6 is 0 Å². The molecule has 1 amide bonds. The molecule has 6 nitrogen and oxygen atoms in total. The van der Waals surface area contributed by atoms with Crippen molar-refractivity contribution >= 4 is 21.6 Å². The van der Waals surface area contributed by atoms with Gasteiger partial charge >= 0.3 is 0 Å². The summed E-state index contributed by atoms with van der Waals surface area (Å²) in [5.74, 6) is 1.09. The predicted octanol–water partition coefficient (Wildman–Crippen LogP) is 3.15. The van der Waals surface area contributed by atoms with Crippen LogP contribution < -0.4 is 10.1 Å². The maximum atomic E-state index is 12.4. The largest absolute Gasteiger partial charge is 0.457 e. The highest BCUT2D eigenvalue weighted by Gasteiger charge is 2.36. The molecule has 138 valence electrons. The van der Waals surface area contributed by atoms with E-state index in [1.165, 1.54) is 4.31 Å². The summed E-state index contributed by atoms with van der Waals surface area (Å²) < 4.78 is 30.6. The highest BCUT2D eigenvalue weighted by molar-refractivity contribution is 7.88. The van der Waals surface area contributed by atoms with Crippen LogP contribution in [0.5, 0.6) is 11.5 Å². The molecule has 3 rings (SSSR count). The summed E-state index contributed by atoms with van der Waals surface area (Å²) >= 11 is 0. The van der Waals surface area contributed by atoms with Crippen molar-refractivity contribution in [3.8, 4) is 11.5 Å². The summed E-state index contributed by atoms with van der Waals surface area (Å²) in [6.45, 7) is 2.40. The number of carbonyl (C=O) groups excluding carboxylic acids is 1. The first-order valence-electron chi connectivity index (χ1n) is 8.45. The van der Waals surface area contributed by atoms with Crippen LogP contribution in [0, 0.1) is 6.92 Å². The Bertz CT molecular complexity index is 877. The van der Waals surface area contributed by atoms with Crippen molar-refractivity contribution in [2.45, 2.75) is 25.8 Å². The topological polar surface area (TPSA) is 75.7 Å². The van der Waals surface area contributed by atoms with Crippen molar-refractivity contribution in [1.82, 2.24) is 4.31 Å². The van der Waals surface area contributed by atoms with Crippen molar-refractivity contribution in [1.29, 1.82) is 0 Å². The number of anilines is 1. The van der Waals surface area contributed by atoms with E-state index in [4.69, 9.17) is 4.74 Å². The third kappa shape index (κ3) is 4.42. The highest BCUT2D eigenvalue weighted by atomic mass is 32.2. The summed E-state index contributed by atoms with van der Waals surface area (Å²) in [6, 6.07) is 14.1. The van der Waals surface area contributed by atoms with Crippen LogP contribution in [0.2, 0.25) is 0 Å². The third-order valence-corrected chi connectivity index (χ3v) is 5.60. The quantitative estimate of drug-likeness (QED) is 0.872. The lowest BCUT2D eigenvalue weighted by molar-refractivity contribution is -0.119. The zero-order valence-corrected chi connectivity index (χ0v) is 15.6. The molecule has 7 heteroatoms. The fourth-order valence-electron chi connectivity index (χ4n) is 2.97. The zero-order valence-electron chi connectivity index (χ0n) is 14.8. The normalized spacial score (nSPS) is 17.8. The summed E-state index contributed by atoms with van der Waals surface area (Å²) in [4.78, 5) is 12.4. The van der Waals surface area contributed by atoms with Gasteiger partial charge in [-0.15, -0.1) is 0 Å². The molecule has 1 fully saturated rings. The van der Waals surface area contributed by atoms with Crippen LogP contribution in [0.4, 0.5) is 5.69 Å². The van der Waals surface area contributed by atoms with E-state index >= 15 is 0 Å². The van der Waals surface area contributed by atoms with Gasteiger partial charge in [-0.25, -0.2) is 8.42 Å². The highest BCUT2D eigenvalue weighted by Crippen LogP contribution is 2.25. The lowest BCUT2D eigenvalue weighted by Gasteiger charge is -2.21. The number of benzene rings is 2. The van der Waals surface area contributed by atoms with Gasteiger partial charge in [0.1, 0.15) is 17.5 Å². The summed E-state index contributed by atoms with van der Waals surface area (Å²) in [5.41, 5.74) is 1.76. The lowest BCUT2D eigenvalue weighted by atomic mass is 10.2. The van der Waals surface area contributed by atoms with E-state index in [2.05, 4.69) is 5.32 Å². The van der Waals surface area contributed by atoms with Gasteiger partial charge in [0.15, 0.2) is 0 Å². The number of hydrogen-bond donors (Lipinski definition) is 1. The molecule has 1 N–H and O–H groups in total. The Hall–Kier alpha value is -2.38. The van der Waals surface area contributed by atoms with Gasteiger partial charge < -0.3 is 10.1 Å². The predicted molar refractivity (Wildman–Crippen MR) is 101 cm³/mol. The molecular weight excluding hydrogens is 352 g/mol. The van der Waals surface area contributed by atoms with Gasteiger partial charge in [-0.2, -0.15) is 4.31 Å². The van der Waals surface area contributed by atoms with E-state index in [0.717, 1.165) is 17.6 Å². The minimum Gasteiger partial charge on any atom is -0.457 e. The van der Waals surface area contributed by atoms with E-state index in [0.29, 0.717) is 30.8 Å². The Morgan fingerprint density at radius 3 is 2.23 bits per heavy atom. The number of nitrogens with one attached hydrogen (secondary N) is 1.